The van der Waals surface area contributed by atoms with Gasteiger partial charge in [-0.05, 0) is 68.8 Å². The Labute approximate surface area is 196 Å². The third-order valence-corrected chi connectivity index (χ3v) is 4.59. The second-order valence-corrected chi connectivity index (χ2v) is 7.53. The lowest BCUT2D eigenvalue weighted by Crippen LogP contribution is -2.35. The summed E-state index contributed by atoms with van der Waals surface area (Å²) in [5.74, 6) is -0.158. The molecule has 0 bridgehead atoms. The first kappa shape index (κ1) is 24.0. The lowest BCUT2D eigenvalue weighted by molar-refractivity contribution is -0.168. The third kappa shape index (κ3) is 6.43. The van der Waals surface area contributed by atoms with Crippen LogP contribution >= 0.6 is 11.6 Å². The van der Waals surface area contributed by atoms with E-state index in [2.05, 4.69) is 16.5 Å². The first-order valence-corrected chi connectivity index (χ1v) is 10.5. The smallest absolute Gasteiger partial charge is 0.351 e. The van der Waals surface area contributed by atoms with E-state index in [4.69, 9.17) is 30.5 Å². The maximum atomic E-state index is 12.4. The van der Waals surface area contributed by atoms with Gasteiger partial charge in [0.1, 0.15) is 11.5 Å². The van der Waals surface area contributed by atoms with Gasteiger partial charge in [0.15, 0.2) is 6.10 Å². The number of nitrogens with zero attached hydrogens (tertiary/aromatic N) is 2. The Morgan fingerprint density at radius 3 is 2.42 bits per heavy atom. The molecular formula is C24H23ClN2O6. The second kappa shape index (κ2) is 10.8. The number of hydrogen-bond donors (Lipinski definition) is 0. The predicted octanol–water partition coefficient (Wildman–Crippen LogP) is 4.89. The van der Waals surface area contributed by atoms with Gasteiger partial charge in [-0.3, -0.25) is 0 Å². The van der Waals surface area contributed by atoms with Crippen LogP contribution in [0.15, 0.2) is 60.8 Å². The van der Waals surface area contributed by atoms with Crippen LogP contribution < -0.4 is 9.47 Å². The largest absolute Gasteiger partial charge is 0.479 e. The maximum Gasteiger partial charge on any atom is 0.351 e. The zero-order chi connectivity index (χ0) is 24.0. The Hall–Kier alpha value is -3.65. The highest BCUT2D eigenvalue weighted by atomic mass is 35.5. The fraction of sp³-hybridized carbons (Fsp3) is 0.250. The van der Waals surface area contributed by atoms with E-state index in [0.717, 1.165) is 0 Å². The number of benzene rings is 2. The number of aromatic nitrogens is 2. The summed E-state index contributed by atoms with van der Waals surface area (Å²) in [6.45, 7) is 8.60. The van der Waals surface area contributed by atoms with Crippen molar-refractivity contribution in [1.82, 2.24) is 9.97 Å². The van der Waals surface area contributed by atoms with E-state index >= 15 is 0 Å². The van der Waals surface area contributed by atoms with Crippen molar-refractivity contribution < 1.29 is 28.5 Å². The monoisotopic (exact) mass is 470 g/mol. The summed E-state index contributed by atoms with van der Waals surface area (Å²) in [6, 6.07) is 11.8. The molecule has 0 N–H and O–H groups in total. The standard InChI is InChI=1S/C24H23ClN2O6/c1-5-30-24(29)22(14(2)3)33-23(28)15(4)31-17-7-9-18(10-8-17)32-21-13-26-20-12-16(25)6-11-19(20)27-21/h6-13,15,22H,2,5H2,1,3-4H3. The Morgan fingerprint density at radius 1 is 1.06 bits per heavy atom. The van der Waals surface area contributed by atoms with Gasteiger partial charge >= 0.3 is 11.9 Å². The average molecular weight is 471 g/mol. The van der Waals surface area contributed by atoms with Crippen LogP contribution in [0.3, 0.4) is 0 Å². The topological polar surface area (TPSA) is 96.8 Å². The number of ether oxygens (including phenoxy) is 4. The Kier molecular flexibility index (Phi) is 7.84. The Balaban J connectivity index is 1.60. The summed E-state index contributed by atoms with van der Waals surface area (Å²) in [4.78, 5) is 33.0. The van der Waals surface area contributed by atoms with Crippen molar-refractivity contribution >= 4 is 34.6 Å². The fourth-order valence-electron chi connectivity index (χ4n) is 2.76. The molecule has 2 unspecified atom stereocenters. The van der Waals surface area contributed by atoms with Crippen LogP contribution in [0.4, 0.5) is 0 Å². The van der Waals surface area contributed by atoms with Crippen LogP contribution in [0.25, 0.3) is 11.0 Å². The average Bonchev–Trinajstić information content (AvgIpc) is 2.78. The van der Waals surface area contributed by atoms with Crippen LogP contribution in [-0.4, -0.2) is 40.7 Å². The van der Waals surface area contributed by atoms with Gasteiger partial charge < -0.3 is 18.9 Å². The van der Waals surface area contributed by atoms with Crippen molar-refractivity contribution in [2.24, 2.45) is 0 Å². The van der Waals surface area contributed by atoms with Crippen molar-refractivity contribution in [1.29, 1.82) is 0 Å². The van der Waals surface area contributed by atoms with Gasteiger partial charge in [0.05, 0.1) is 23.8 Å². The maximum absolute atomic E-state index is 12.4. The molecule has 0 aliphatic rings. The van der Waals surface area contributed by atoms with Gasteiger partial charge in [-0.15, -0.1) is 0 Å². The van der Waals surface area contributed by atoms with E-state index in [1.54, 1.807) is 56.3 Å². The van der Waals surface area contributed by atoms with Crippen molar-refractivity contribution in [2.45, 2.75) is 33.0 Å². The zero-order valence-electron chi connectivity index (χ0n) is 18.4. The van der Waals surface area contributed by atoms with Crippen LogP contribution in [0, 0.1) is 0 Å². The molecule has 3 aromatic rings. The minimum atomic E-state index is -1.18. The van der Waals surface area contributed by atoms with E-state index in [-0.39, 0.29) is 6.61 Å². The number of carbonyl (C=O) groups excluding carboxylic acids is 2. The first-order chi connectivity index (χ1) is 15.8. The van der Waals surface area contributed by atoms with Crippen LogP contribution in [0.5, 0.6) is 17.4 Å². The molecule has 2 aromatic carbocycles. The minimum Gasteiger partial charge on any atom is -0.479 e. The lowest BCUT2D eigenvalue weighted by Gasteiger charge is -2.19. The highest BCUT2D eigenvalue weighted by Crippen LogP contribution is 2.25. The molecule has 1 heterocycles. The van der Waals surface area contributed by atoms with E-state index in [9.17, 15) is 9.59 Å². The molecule has 0 saturated carbocycles. The molecule has 0 aliphatic heterocycles. The number of rotatable bonds is 9. The summed E-state index contributed by atoms with van der Waals surface area (Å²) in [6.07, 6.45) is -0.646. The van der Waals surface area contributed by atoms with Crippen LogP contribution in [0.2, 0.25) is 5.02 Å². The Morgan fingerprint density at radius 2 is 1.76 bits per heavy atom. The molecule has 0 fully saturated rings. The third-order valence-electron chi connectivity index (χ3n) is 4.36. The van der Waals surface area contributed by atoms with E-state index in [1.165, 1.54) is 13.1 Å². The molecule has 0 spiro atoms. The SMILES string of the molecule is C=C(C)C(OC(=O)C(C)Oc1ccc(Oc2cnc3cc(Cl)ccc3n2)cc1)C(=O)OCC. The van der Waals surface area contributed by atoms with Gasteiger partial charge in [-0.25, -0.2) is 19.6 Å². The molecule has 33 heavy (non-hydrogen) atoms. The van der Waals surface area contributed by atoms with E-state index in [0.29, 0.717) is 39.0 Å². The van der Waals surface area contributed by atoms with Gasteiger partial charge in [-0.1, -0.05) is 18.2 Å². The molecule has 0 amide bonds. The van der Waals surface area contributed by atoms with Crippen LogP contribution in [-0.2, 0) is 19.1 Å². The van der Waals surface area contributed by atoms with Gasteiger partial charge in [-0.2, -0.15) is 0 Å². The normalized spacial score (nSPS) is 12.5. The number of fused-ring (bicyclic) bond motifs is 1. The lowest BCUT2D eigenvalue weighted by atomic mass is 10.2. The minimum absolute atomic E-state index is 0.166. The summed E-state index contributed by atoms with van der Waals surface area (Å²) in [5, 5.41) is 0.579. The number of hydrogen-bond acceptors (Lipinski definition) is 8. The van der Waals surface area contributed by atoms with Gasteiger partial charge in [0.2, 0.25) is 12.0 Å². The summed E-state index contributed by atoms with van der Waals surface area (Å²) in [5.41, 5.74) is 1.67. The van der Waals surface area contributed by atoms with Crippen LogP contribution in [0.1, 0.15) is 20.8 Å². The summed E-state index contributed by atoms with van der Waals surface area (Å²) < 4.78 is 21.5. The van der Waals surface area contributed by atoms with Gasteiger partial charge in [0, 0.05) is 5.02 Å². The van der Waals surface area contributed by atoms with Crippen molar-refractivity contribution in [3.8, 4) is 17.4 Å². The first-order valence-electron chi connectivity index (χ1n) is 10.2. The zero-order valence-corrected chi connectivity index (χ0v) is 19.2. The van der Waals surface area contributed by atoms with E-state index < -0.39 is 24.1 Å². The van der Waals surface area contributed by atoms with Crippen molar-refractivity contribution in [3.05, 3.63) is 65.8 Å². The molecule has 0 saturated heterocycles. The highest BCUT2D eigenvalue weighted by Gasteiger charge is 2.28. The van der Waals surface area contributed by atoms with Crippen molar-refractivity contribution in [3.63, 3.8) is 0 Å². The number of carbonyl (C=O) groups is 2. The molecule has 8 nitrogen and oxygen atoms in total. The fourth-order valence-corrected chi connectivity index (χ4v) is 2.92. The van der Waals surface area contributed by atoms with Crippen molar-refractivity contribution in [2.75, 3.05) is 6.61 Å². The highest BCUT2D eigenvalue weighted by molar-refractivity contribution is 6.31. The second-order valence-electron chi connectivity index (χ2n) is 7.09. The molecule has 2 atom stereocenters. The molecule has 1 aromatic heterocycles. The quantitative estimate of drug-likeness (QED) is 0.322. The molecule has 0 aliphatic carbocycles. The molecule has 3 rings (SSSR count). The molecule has 9 heteroatoms. The molecular weight excluding hydrogens is 448 g/mol. The number of esters is 2. The number of halogens is 1. The Bertz CT molecular complexity index is 1170. The molecule has 172 valence electrons. The predicted molar refractivity (Wildman–Crippen MR) is 122 cm³/mol. The van der Waals surface area contributed by atoms with Gasteiger partial charge in [0.25, 0.3) is 0 Å². The summed E-state index contributed by atoms with van der Waals surface area (Å²) in [7, 11) is 0. The van der Waals surface area contributed by atoms with E-state index in [1.807, 2.05) is 0 Å². The molecule has 0 radical (unpaired) electrons. The summed E-state index contributed by atoms with van der Waals surface area (Å²) >= 11 is 5.96.